The van der Waals surface area contributed by atoms with Crippen LogP contribution in [-0.2, 0) is 6.54 Å². The van der Waals surface area contributed by atoms with E-state index in [4.69, 9.17) is 17.3 Å². The highest BCUT2D eigenvalue weighted by Crippen LogP contribution is 2.30. The molecule has 1 aliphatic rings. The fourth-order valence-corrected chi connectivity index (χ4v) is 3.49. The molecule has 0 spiro atoms. The first-order chi connectivity index (χ1) is 7.96. The molecular formula is C13H19ClN2S. The zero-order chi connectivity index (χ0) is 12.5. The number of rotatable bonds is 2. The molecule has 0 saturated carbocycles. The molecule has 4 heteroatoms. The summed E-state index contributed by atoms with van der Waals surface area (Å²) in [5.74, 6) is 1.20. The van der Waals surface area contributed by atoms with Gasteiger partial charge in [-0.05, 0) is 31.5 Å². The molecule has 2 N–H and O–H groups in total. The van der Waals surface area contributed by atoms with E-state index >= 15 is 0 Å². The Morgan fingerprint density at radius 1 is 1.47 bits per heavy atom. The van der Waals surface area contributed by atoms with Crippen molar-refractivity contribution in [3.05, 3.63) is 28.8 Å². The van der Waals surface area contributed by atoms with Crippen molar-refractivity contribution in [1.82, 2.24) is 4.90 Å². The average Bonchev–Trinajstić information content (AvgIpc) is 2.22. The Hall–Kier alpha value is -0.380. The van der Waals surface area contributed by atoms with Crippen LogP contribution >= 0.6 is 23.4 Å². The van der Waals surface area contributed by atoms with Gasteiger partial charge in [0.15, 0.2) is 0 Å². The number of anilines is 1. The zero-order valence-electron chi connectivity index (χ0n) is 10.4. The summed E-state index contributed by atoms with van der Waals surface area (Å²) in [7, 11) is 0. The summed E-state index contributed by atoms with van der Waals surface area (Å²) >= 11 is 7.98. The van der Waals surface area contributed by atoms with Crippen molar-refractivity contribution >= 4 is 29.1 Å². The van der Waals surface area contributed by atoms with Crippen molar-refractivity contribution in [2.45, 2.75) is 25.1 Å². The molecule has 0 aliphatic carbocycles. The van der Waals surface area contributed by atoms with Gasteiger partial charge in [-0.3, -0.25) is 4.90 Å². The van der Waals surface area contributed by atoms with Gasteiger partial charge in [0, 0.05) is 30.1 Å². The van der Waals surface area contributed by atoms with E-state index in [1.165, 1.54) is 11.3 Å². The predicted molar refractivity (Wildman–Crippen MR) is 77.7 cm³/mol. The highest BCUT2D eigenvalue weighted by molar-refractivity contribution is 8.00. The minimum atomic E-state index is 0.357. The molecule has 1 aromatic rings. The van der Waals surface area contributed by atoms with Crippen molar-refractivity contribution in [1.29, 1.82) is 0 Å². The lowest BCUT2D eigenvalue weighted by Crippen LogP contribution is -2.42. The Balaban J connectivity index is 2.03. The summed E-state index contributed by atoms with van der Waals surface area (Å²) in [6.45, 7) is 7.85. The predicted octanol–water partition coefficient (Wildman–Crippen LogP) is 3.25. The molecule has 0 radical (unpaired) electrons. The van der Waals surface area contributed by atoms with E-state index in [1.54, 1.807) is 0 Å². The van der Waals surface area contributed by atoms with Crippen LogP contribution in [0.5, 0.6) is 0 Å². The van der Waals surface area contributed by atoms with E-state index in [0.717, 1.165) is 19.6 Å². The first-order valence-electron chi connectivity index (χ1n) is 5.86. The van der Waals surface area contributed by atoms with Crippen LogP contribution in [-0.4, -0.2) is 28.5 Å². The summed E-state index contributed by atoms with van der Waals surface area (Å²) in [6.07, 6.45) is 0. The molecule has 2 rings (SSSR count). The Bertz CT molecular complexity index is 406. The number of nitrogens with zero attached hydrogens (tertiary/aromatic N) is 1. The summed E-state index contributed by atoms with van der Waals surface area (Å²) in [4.78, 5) is 2.49. The Kier molecular flexibility index (Phi) is 3.91. The van der Waals surface area contributed by atoms with Crippen molar-refractivity contribution in [2.75, 3.05) is 24.6 Å². The van der Waals surface area contributed by atoms with Crippen LogP contribution in [0.4, 0.5) is 5.69 Å². The molecule has 0 atom stereocenters. The third-order valence-electron chi connectivity index (χ3n) is 2.97. The summed E-state index contributed by atoms with van der Waals surface area (Å²) in [5.41, 5.74) is 7.75. The molecule has 0 unspecified atom stereocenters. The highest BCUT2D eigenvalue weighted by atomic mass is 35.5. The van der Waals surface area contributed by atoms with E-state index in [1.807, 2.05) is 12.1 Å². The summed E-state index contributed by atoms with van der Waals surface area (Å²) in [6, 6.07) is 5.93. The van der Waals surface area contributed by atoms with Gasteiger partial charge in [-0.2, -0.15) is 11.8 Å². The normalized spacial score (nSPS) is 20.4. The Morgan fingerprint density at radius 3 is 2.88 bits per heavy atom. The smallest absolute Gasteiger partial charge is 0.0635 e. The monoisotopic (exact) mass is 270 g/mol. The molecule has 17 heavy (non-hydrogen) atoms. The van der Waals surface area contributed by atoms with Crippen LogP contribution in [0.15, 0.2) is 18.2 Å². The molecule has 1 saturated heterocycles. The maximum absolute atomic E-state index is 5.93. The van der Waals surface area contributed by atoms with Gasteiger partial charge in [0.25, 0.3) is 0 Å². The number of nitrogens with two attached hydrogens (primary N) is 1. The van der Waals surface area contributed by atoms with E-state index in [-0.39, 0.29) is 0 Å². The fraction of sp³-hybridized carbons (Fsp3) is 0.538. The molecule has 1 heterocycles. The van der Waals surface area contributed by atoms with Gasteiger partial charge >= 0.3 is 0 Å². The van der Waals surface area contributed by atoms with Crippen molar-refractivity contribution in [3.8, 4) is 0 Å². The number of hydrogen-bond acceptors (Lipinski definition) is 3. The van der Waals surface area contributed by atoms with Gasteiger partial charge in [-0.25, -0.2) is 0 Å². The van der Waals surface area contributed by atoms with Gasteiger partial charge in [0.1, 0.15) is 0 Å². The number of benzene rings is 1. The molecule has 1 aliphatic heterocycles. The number of nitrogen functional groups attached to an aromatic ring is 1. The quantitative estimate of drug-likeness (QED) is 0.837. The Labute approximate surface area is 113 Å². The lowest BCUT2D eigenvalue weighted by molar-refractivity contribution is 0.252. The van der Waals surface area contributed by atoms with Gasteiger partial charge in [-0.15, -0.1) is 0 Å². The SMILES string of the molecule is CC1(C)CN(Cc2ccc(Cl)c(N)c2)CCS1. The van der Waals surface area contributed by atoms with Gasteiger partial charge in [0.05, 0.1) is 10.7 Å². The minimum absolute atomic E-state index is 0.357. The molecule has 94 valence electrons. The highest BCUT2D eigenvalue weighted by Gasteiger charge is 2.26. The Morgan fingerprint density at radius 2 is 2.24 bits per heavy atom. The number of hydrogen-bond donors (Lipinski definition) is 1. The van der Waals surface area contributed by atoms with Crippen LogP contribution in [0, 0.1) is 0 Å². The third kappa shape index (κ3) is 3.54. The molecule has 0 bridgehead atoms. The molecule has 1 aromatic carbocycles. The molecular weight excluding hydrogens is 252 g/mol. The topological polar surface area (TPSA) is 29.3 Å². The standard InChI is InChI=1S/C13H19ClN2S/c1-13(2)9-16(5-6-17-13)8-10-3-4-11(14)12(15)7-10/h3-4,7H,5-6,8-9,15H2,1-2H3. The van der Waals surface area contributed by atoms with E-state index in [0.29, 0.717) is 15.5 Å². The molecule has 2 nitrogen and oxygen atoms in total. The van der Waals surface area contributed by atoms with Gasteiger partial charge in [0.2, 0.25) is 0 Å². The second-order valence-electron chi connectivity index (χ2n) is 5.17. The molecule has 0 aromatic heterocycles. The second-order valence-corrected chi connectivity index (χ2v) is 7.38. The summed E-state index contributed by atoms with van der Waals surface area (Å²) in [5, 5.41) is 0.642. The average molecular weight is 271 g/mol. The van der Waals surface area contributed by atoms with Crippen LogP contribution < -0.4 is 5.73 Å². The first kappa shape index (κ1) is 13.1. The van der Waals surface area contributed by atoms with E-state index in [2.05, 4.69) is 36.6 Å². The van der Waals surface area contributed by atoms with Crippen LogP contribution in [0.1, 0.15) is 19.4 Å². The largest absolute Gasteiger partial charge is 0.398 e. The first-order valence-corrected chi connectivity index (χ1v) is 7.23. The van der Waals surface area contributed by atoms with Gasteiger partial charge in [-0.1, -0.05) is 17.7 Å². The molecule has 1 fully saturated rings. The summed E-state index contributed by atoms with van der Waals surface area (Å²) < 4.78 is 0.357. The van der Waals surface area contributed by atoms with E-state index in [9.17, 15) is 0 Å². The van der Waals surface area contributed by atoms with E-state index < -0.39 is 0 Å². The number of thioether (sulfide) groups is 1. The minimum Gasteiger partial charge on any atom is -0.398 e. The second kappa shape index (κ2) is 5.09. The lowest BCUT2D eigenvalue weighted by Gasteiger charge is -2.37. The third-order valence-corrected chi connectivity index (χ3v) is 4.61. The van der Waals surface area contributed by atoms with Crippen LogP contribution in [0.25, 0.3) is 0 Å². The van der Waals surface area contributed by atoms with Crippen LogP contribution in [0.2, 0.25) is 5.02 Å². The lowest BCUT2D eigenvalue weighted by atomic mass is 10.1. The van der Waals surface area contributed by atoms with Crippen molar-refractivity contribution in [3.63, 3.8) is 0 Å². The zero-order valence-corrected chi connectivity index (χ0v) is 11.9. The maximum Gasteiger partial charge on any atom is 0.0635 e. The van der Waals surface area contributed by atoms with Crippen molar-refractivity contribution < 1.29 is 0 Å². The van der Waals surface area contributed by atoms with Crippen molar-refractivity contribution in [2.24, 2.45) is 0 Å². The number of halogens is 1. The van der Waals surface area contributed by atoms with Crippen LogP contribution in [0.3, 0.4) is 0 Å². The molecule has 0 amide bonds. The fourth-order valence-electron chi connectivity index (χ4n) is 2.20. The maximum atomic E-state index is 5.93. The van der Waals surface area contributed by atoms with Gasteiger partial charge < -0.3 is 5.73 Å².